The molecule has 0 bridgehead atoms. The highest BCUT2D eigenvalue weighted by atomic mass is 16.5. The Bertz CT molecular complexity index is 606. The standard InChI is InChI=1S/C19H20O3/c1-21-17-9-7-16(8-10-17)19-12-14(13-20)11-18(22-19)15-5-3-2-4-6-15/h2-10,13-14,18-19H,11-12H2,1H3/t14-,18-,19+/m1/s1. The molecule has 0 N–H and O–H groups in total. The molecule has 3 nitrogen and oxygen atoms in total. The van der Waals surface area contributed by atoms with E-state index >= 15 is 0 Å². The summed E-state index contributed by atoms with van der Waals surface area (Å²) < 4.78 is 11.5. The fourth-order valence-electron chi connectivity index (χ4n) is 2.98. The number of hydrogen-bond acceptors (Lipinski definition) is 3. The van der Waals surface area contributed by atoms with Crippen LogP contribution < -0.4 is 4.74 Å². The van der Waals surface area contributed by atoms with E-state index in [0.29, 0.717) is 0 Å². The topological polar surface area (TPSA) is 35.5 Å². The molecule has 1 saturated heterocycles. The SMILES string of the molecule is COc1ccc([C@@H]2C[C@H](C=O)C[C@H](c3ccccc3)O2)cc1. The van der Waals surface area contributed by atoms with Gasteiger partial charge in [-0.25, -0.2) is 0 Å². The van der Waals surface area contributed by atoms with E-state index in [1.165, 1.54) is 0 Å². The summed E-state index contributed by atoms with van der Waals surface area (Å²) in [7, 11) is 1.65. The molecule has 3 heteroatoms. The number of ether oxygens (including phenoxy) is 2. The van der Waals surface area contributed by atoms with Gasteiger partial charge in [-0.15, -0.1) is 0 Å². The highest BCUT2D eigenvalue weighted by molar-refractivity contribution is 5.54. The van der Waals surface area contributed by atoms with Gasteiger partial charge in [-0.05, 0) is 36.1 Å². The number of hydrogen-bond donors (Lipinski definition) is 0. The molecule has 0 amide bonds. The monoisotopic (exact) mass is 296 g/mol. The van der Waals surface area contributed by atoms with Gasteiger partial charge in [0.2, 0.25) is 0 Å². The Morgan fingerprint density at radius 3 is 2.09 bits per heavy atom. The van der Waals surface area contributed by atoms with E-state index in [1.54, 1.807) is 7.11 Å². The van der Waals surface area contributed by atoms with E-state index in [4.69, 9.17) is 9.47 Å². The number of benzene rings is 2. The number of carbonyl (C=O) groups excluding carboxylic acids is 1. The van der Waals surface area contributed by atoms with Gasteiger partial charge in [0, 0.05) is 5.92 Å². The van der Waals surface area contributed by atoms with Crippen molar-refractivity contribution in [1.82, 2.24) is 0 Å². The molecule has 1 heterocycles. The minimum Gasteiger partial charge on any atom is -0.497 e. The lowest BCUT2D eigenvalue weighted by atomic mass is 9.87. The second-order valence-electron chi connectivity index (χ2n) is 5.66. The normalized spacial score (nSPS) is 24.7. The average molecular weight is 296 g/mol. The molecule has 114 valence electrons. The van der Waals surface area contributed by atoms with Crippen LogP contribution in [0.2, 0.25) is 0 Å². The molecule has 0 aromatic heterocycles. The van der Waals surface area contributed by atoms with E-state index in [-0.39, 0.29) is 18.1 Å². The molecule has 0 aliphatic carbocycles. The van der Waals surface area contributed by atoms with Crippen molar-refractivity contribution in [2.75, 3.05) is 7.11 Å². The van der Waals surface area contributed by atoms with Crippen LogP contribution in [0.25, 0.3) is 0 Å². The third-order valence-electron chi connectivity index (χ3n) is 4.21. The molecule has 2 aromatic rings. The number of methoxy groups -OCH3 is 1. The van der Waals surface area contributed by atoms with Crippen molar-refractivity contribution in [3.8, 4) is 5.75 Å². The van der Waals surface area contributed by atoms with E-state index in [0.717, 1.165) is 36.0 Å². The summed E-state index contributed by atoms with van der Waals surface area (Å²) in [5, 5.41) is 0. The van der Waals surface area contributed by atoms with Gasteiger partial charge in [-0.3, -0.25) is 0 Å². The van der Waals surface area contributed by atoms with Crippen molar-refractivity contribution in [3.05, 3.63) is 65.7 Å². The first-order valence-electron chi connectivity index (χ1n) is 7.60. The van der Waals surface area contributed by atoms with Crippen LogP contribution in [-0.4, -0.2) is 13.4 Å². The summed E-state index contributed by atoms with van der Waals surface area (Å²) in [6, 6.07) is 18.0. The fraction of sp³-hybridized carbons (Fsp3) is 0.316. The molecule has 2 aromatic carbocycles. The quantitative estimate of drug-likeness (QED) is 0.797. The largest absolute Gasteiger partial charge is 0.497 e. The third-order valence-corrected chi connectivity index (χ3v) is 4.21. The van der Waals surface area contributed by atoms with Crippen LogP contribution in [-0.2, 0) is 9.53 Å². The van der Waals surface area contributed by atoms with Crippen LogP contribution in [0.4, 0.5) is 0 Å². The van der Waals surface area contributed by atoms with Crippen molar-refractivity contribution in [2.24, 2.45) is 5.92 Å². The molecule has 22 heavy (non-hydrogen) atoms. The first kappa shape index (κ1) is 14.8. The van der Waals surface area contributed by atoms with Crippen molar-refractivity contribution in [1.29, 1.82) is 0 Å². The summed E-state index contributed by atoms with van der Waals surface area (Å²) in [6.07, 6.45) is 2.46. The fourth-order valence-corrected chi connectivity index (χ4v) is 2.98. The van der Waals surface area contributed by atoms with Crippen LogP contribution in [0.15, 0.2) is 54.6 Å². The minimum atomic E-state index is -0.0555. The molecule has 0 radical (unpaired) electrons. The third kappa shape index (κ3) is 3.20. The molecule has 0 spiro atoms. The summed E-state index contributed by atoms with van der Waals surface area (Å²) >= 11 is 0. The molecule has 1 aliphatic rings. The van der Waals surface area contributed by atoms with Gasteiger partial charge in [0.15, 0.2) is 0 Å². The number of aldehydes is 1. The lowest BCUT2D eigenvalue weighted by molar-refractivity contribution is -0.122. The lowest BCUT2D eigenvalue weighted by Gasteiger charge is -2.34. The highest BCUT2D eigenvalue weighted by Gasteiger charge is 2.31. The summed E-state index contributed by atoms with van der Waals surface area (Å²) in [6.45, 7) is 0. The summed E-state index contributed by atoms with van der Waals surface area (Å²) in [5.74, 6) is 0.858. The second-order valence-corrected chi connectivity index (χ2v) is 5.66. The van der Waals surface area contributed by atoms with Gasteiger partial charge in [0.05, 0.1) is 19.3 Å². The molecule has 1 aliphatic heterocycles. The lowest BCUT2D eigenvalue weighted by Crippen LogP contribution is -2.24. The molecule has 0 unspecified atom stereocenters. The van der Waals surface area contributed by atoms with Crippen LogP contribution in [0.1, 0.15) is 36.2 Å². The van der Waals surface area contributed by atoms with Crippen molar-refractivity contribution in [2.45, 2.75) is 25.0 Å². The maximum absolute atomic E-state index is 11.3. The minimum absolute atomic E-state index is 0.0303. The van der Waals surface area contributed by atoms with Crippen molar-refractivity contribution >= 4 is 6.29 Å². The Morgan fingerprint density at radius 1 is 0.955 bits per heavy atom. The first-order chi connectivity index (χ1) is 10.8. The summed E-state index contributed by atoms with van der Waals surface area (Å²) in [4.78, 5) is 11.3. The zero-order valence-electron chi connectivity index (χ0n) is 12.6. The van der Waals surface area contributed by atoms with E-state index in [2.05, 4.69) is 12.1 Å². The maximum atomic E-state index is 11.3. The predicted octanol–water partition coefficient (Wildman–Crippen LogP) is 4.10. The summed E-state index contributed by atoms with van der Waals surface area (Å²) in [5.41, 5.74) is 2.22. The maximum Gasteiger partial charge on any atom is 0.123 e. The average Bonchev–Trinajstić information content (AvgIpc) is 2.62. The van der Waals surface area contributed by atoms with Crippen LogP contribution in [0, 0.1) is 5.92 Å². The van der Waals surface area contributed by atoms with Crippen LogP contribution >= 0.6 is 0 Å². The Balaban J connectivity index is 1.82. The van der Waals surface area contributed by atoms with Gasteiger partial charge < -0.3 is 14.3 Å². The van der Waals surface area contributed by atoms with E-state index in [1.807, 2.05) is 42.5 Å². The zero-order chi connectivity index (χ0) is 15.4. The number of carbonyl (C=O) groups is 1. The predicted molar refractivity (Wildman–Crippen MR) is 84.8 cm³/mol. The zero-order valence-corrected chi connectivity index (χ0v) is 12.6. The molecule has 0 saturated carbocycles. The van der Waals surface area contributed by atoms with Gasteiger partial charge in [0.25, 0.3) is 0 Å². The molecular weight excluding hydrogens is 276 g/mol. The van der Waals surface area contributed by atoms with Crippen molar-refractivity contribution < 1.29 is 14.3 Å². The number of rotatable bonds is 4. The Labute approximate surface area is 130 Å². The van der Waals surface area contributed by atoms with Crippen molar-refractivity contribution in [3.63, 3.8) is 0 Å². The van der Waals surface area contributed by atoms with E-state index in [9.17, 15) is 4.79 Å². The molecule has 1 fully saturated rings. The Morgan fingerprint density at radius 2 is 1.55 bits per heavy atom. The van der Waals surface area contributed by atoms with Gasteiger partial charge in [-0.1, -0.05) is 42.5 Å². The van der Waals surface area contributed by atoms with Gasteiger partial charge in [-0.2, -0.15) is 0 Å². The Kier molecular flexibility index (Phi) is 4.54. The van der Waals surface area contributed by atoms with Gasteiger partial charge in [0.1, 0.15) is 12.0 Å². The first-order valence-corrected chi connectivity index (χ1v) is 7.60. The van der Waals surface area contributed by atoms with Crippen LogP contribution in [0.5, 0.6) is 5.75 Å². The second kappa shape index (κ2) is 6.75. The van der Waals surface area contributed by atoms with E-state index < -0.39 is 0 Å². The molecular formula is C19H20O3. The van der Waals surface area contributed by atoms with Crippen LogP contribution in [0.3, 0.4) is 0 Å². The smallest absolute Gasteiger partial charge is 0.123 e. The van der Waals surface area contributed by atoms with Gasteiger partial charge >= 0.3 is 0 Å². The Hall–Kier alpha value is -2.13. The molecule has 3 atom stereocenters. The highest BCUT2D eigenvalue weighted by Crippen LogP contribution is 2.41. The molecule has 3 rings (SSSR count).